The zero-order chi connectivity index (χ0) is 12.4. The number of ketones is 1. The van der Waals surface area contributed by atoms with E-state index in [9.17, 15) is 4.79 Å². The highest BCUT2D eigenvalue weighted by molar-refractivity contribution is 5.87. The van der Waals surface area contributed by atoms with E-state index in [2.05, 4.69) is 6.92 Å². The van der Waals surface area contributed by atoms with Gasteiger partial charge in [-0.25, -0.2) is 0 Å². The first-order valence-electron chi connectivity index (χ1n) is 8.13. The lowest BCUT2D eigenvalue weighted by Crippen LogP contribution is -2.55. The molecule has 1 heteroatoms. The monoisotopic (exact) mass is 246 g/mol. The van der Waals surface area contributed by atoms with Gasteiger partial charge in [0.25, 0.3) is 0 Å². The lowest BCUT2D eigenvalue weighted by Gasteiger charge is -2.61. The minimum absolute atomic E-state index is 0.147. The second-order valence-corrected chi connectivity index (χ2v) is 8.40. The van der Waals surface area contributed by atoms with E-state index in [0.717, 1.165) is 11.8 Å². The van der Waals surface area contributed by atoms with E-state index in [4.69, 9.17) is 0 Å². The molecular weight excluding hydrogens is 220 g/mol. The number of hydrogen-bond acceptors (Lipinski definition) is 1. The molecule has 0 amide bonds. The minimum Gasteiger partial charge on any atom is -0.299 e. The van der Waals surface area contributed by atoms with Gasteiger partial charge in [0.05, 0.1) is 0 Å². The Kier molecular flexibility index (Phi) is 2.31. The molecule has 0 N–H and O–H groups in total. The molecule has 0 aliphatic heterocycles. The third-order valence-electron chi connectivity index (χ3n) is 6.60. The van der Waals surface area contributed by atoms with Gasteiger partial charge >= 0.3 is 0 Å². The predicted octanol–water partition coefficient (Wildman–Crippen LogP) is 4.35. The van der Waals surface area contributed by atoms with Crippen LogP contribution in [-0.2, 0) is 4.79 Å². The molecule has 0 heterocycles. The molecular formula is C17H26O. The van der Waals surface area contributed by atoms with Gasteiger partial charge in [-0.15, -0.1) is 0 Å². The van der Waals surface area contributed by atoms with E-state index in [1.54, 1.807) is 0 Å². The van der Waals surface area contributed by atoms with Crippen LogP contribution in [0.5, 0.6) is 0 Å². The first kappa shape index (κ1) is 11.5. The highest BCUT2D eigenvalue weighted by Crippen LogP contribution is 2.66. The summed E-state index contributed by atoms with van der Waals surface area (Å²) in [6, 6.07) is 0. The largest absolute Gasteiger partial charge is 0.299 e. The SMILES string of the molecule is CC12CC3CC(C1)CC(C(=O)C1CCCC1)(C3)C2. The molecule has 5 rings (SSSR count). The van der Waals surface area contributed by atoms with Crippen LogP contribution in [0.4, 0.5) is 0 Å². The van der Waals surface area contributed by atoms with Gasteiger partial charge in [-0.05, 0) is 68.6 Å². The van der Waals surface area contributed by atoms with Crippen molar-refractivity contribution in [1.29, 1.82) is 0 Å². The fourth-order valence-electron chi connectivity index (χ4n) is 6.63. The van der Waals surface area contributed by atoms with Crippen molar-refractivity contribution in [1.82, 2.24) is 0 Å². The van der Waals surface area contributed by atoms with Crippen molar-refractivity contribution in [3.63, 3.8) is 0 Å². The van der Waals surface area contributed by atoms with Crippen molar-refractivity contribution in [3.05, 3.63) is 0 Å². The van der Waals surface area contributed by atoms with Crippen molar-refractivity contribution in [2.45, 2.75) is 71.1 Å². The zero-order valence-electron chi connectivity index (χ0n) is 11.7. The van der Waals surface area contributed by atoms with Gasteiger partial charge in [-0.1, -0.05) is 19.8 Å². The summed E-state index contributed by atoms with van der Waals surface area (Å²) < 4.78 is 0. The van der Waals surface area contributed by atoms with Gasteiger partial charge in [-0.2, -0.15) is 0 Å². The number of carbonyl (C=O) groups excluding carboxylic acids is 1. The van der Waals surface area contributed by atoms with Gasteiger partial charge in [0, 0.05) is 11.3 Å². The molecule has 100 valence electrons. The molecule has 0 spiro atoms. The second-order valence-electron chi connectivity index (χ2n) is 8.40. The summed E-state index contributed by atoms with van der Waals surface area (Å²) in [5.74, 6) is 2.94. The van der Waals surface area contributed by atoms with Gasteiger partial charge in [0.15, 0.2) is 0 Å². The van der Waals surface area contributed by atoms with Crippen LogP contribution in [0, 0.1) is 28.6 Å². The maximum Gasteiger partial charge on any atom is 0.142 e. The molecule has 0 radical (unpaired) electrons. The van der Waals surface area contributed by atoms with Gasteiger partial charge < -0.3 is 0 Å². The number of hydrogen-bond donors (Lipinski definition) is 0. The lowest BCUT2D eigenvalue weighted by atomic mass is 9.43. The zero-order valence-corrected chi connectivity index (χ0v) is 11.7. The topological polar surface area (TPSA) is 17.1 Å². The summed E-state index contributed by atoms with van der Waals surface area (Å²) in [7, 11) is 0. The van der Waals surface area contributed by atoms with Gasteiger partial charge in [0.2, 0.25) is 0 Å². The number of rotatable bonds is 2. The summed E-state index contributed by atoms with van der Waals surface area (Å²) in [6.45, 7) is 2.47. The molecule has 0 aromatic rings. The Balaban J connectivity index is 1.64. The average Bonchev–Trinajstić information content (AvgIpc) is 2.77. The first-order valence-corrected chi connectivity index (χ1v) is 8.13. The van der Waals surface area contributed by atoms with Crippen LogP contribution in [0.25, 0.3) is 0 Å². The van der Waals surface area contributed by atoms with Crippen LogP contribution in [-0.4, -0.2) is 5.78 Å². The van der Waals surface area contributed by atoms with Crippen LogP contribution < -0.4 is 0 Å². The lowest BCUT2D eigenvalue weighted by molar-refractivity contribution is -0.156. The van der Waals surface area contributed by atoms with E-state index in [0.29, 0.717) is 17.1 Å². The van der Waals surface area contributed by atoms with Gasteiger partial charge in [-0.3, -0.25) is 4.79 Å². The van der Waals surface area contributed by atoms with E-state index in [1.165, 1.54) is 64.2 Å². The maximum absolute atomic E-state index is 13.0. The minimum atomic E-state index is 0.147. The normalized spacial score (nSPS) is 50.9. The summed E-state index contributed by atoms with van der Waals surface area (Å²) in [5.41, 5.74) is 0.673. The summed E-state index contributed by atoms with van der Waals surface area (Å²) >= 11 is 0. The molecule has 0 saturated heterocycles. The van der Waals surface area contributed by atoms with Crippen LogP contribution >= 0.6 is 0 Å². The Labute approximate surface area is 111 Å². The van der Waals surface area contributed by atoms with Crippen LogP contribution in [0.1, 0.15) is 71.1 Å². The van der Waals surface area contributed by atoms with E-state index in [1.807, 2.05) is 0 Å². The maximum atomic E-state index is 13.0. The third kappa shape index (κ3) is 1.55. The van der Waals surface area contributed by atoms with Crippen LogP contribution in [0.3, 0.4) is 0 Å². The van der Waals surface area contributed by atoms with E-state index >= 15 is 0 Å². The van der Waals surface area contributed by atoms with Crippen molar-refractivity contribution in [2.24, 2.45) is 28.6 Å². The van der Waals surface area contributed by atoms with Crippen LogP contribution in [0.15, 0.2) is 0 Å². The molecule has 0 aromatic carbocycles. The quantitative estimate of drug-likeness (QED) is 0.708. The van der Waals surface area contributed by atoms with Crippen molar-refractivity contribution < 1.29 is 4.79 Å². The van der Waals surface area contributed by atoms with Crippen molar-refractivity contribution >= 4 is 5.78 Å². The van der Waals surface area contributed by atoms with Gasteiger partial charge in [0.1, 0.15) is 5.78 Å². The molecule has 5 aliphatic rings. The third-order valence-corrected chi connectivity index (χ3v) is 6.60. The molecule has 5 saturated carbocycles. The second kappa shape index (κ2) is 3.61. The molecule has 2 unspecified atom stereocenters. The molecule has 5 aliphatic carbocycles. The molecule has 1 nitrogen and oxygen atoms in total. The predicted molar refractivity (Wildman–Crippen MR) is 72.2 cm³/mol. The standard InChI is InChI=1S/C17H26O/c1-16-7-12-6-13(8-16)10-17(9-12,11-16)15(18)14-4-2-3-5-14/h12-14H,2-11H2,1H3. The van der Waals surface area contributed by atoms with Crippen molar-refractivity contribution in [2.75, 3.05) is 0 Å². The Bertz CT molecular complexity index is 363. The highest BCUT2D eigenvalue weighted by atomic mass is 16.1. The summed E-state index contributed by atoms with van der Waals surface area (Å²) in [6.07, 6.45) is 13.0. The Hall–Kier alpha value is -0.330. The molecule has 2 atom stereocenters. The van der Waals surface area contributed by atoms with Crippen molar-refractivity contribution in [3.8, 4) is 0 Å². The Morgan fingerprint density at radius 3 is 2.17 bits per heavy atom. The smallest absolute Gasteiger partial charge is 0.142 e. The molecule has 5 fully saturated rings. The molecule has 18 heavy (non-hydrogen) atoms. The summed E-state index contributed by atoms with van der Waals surface area (Å²) in [4.78, 5) is 13.0. The van der Waals surface area contributed by atoms with Crippen LogP contribution in [0.2, 0.25) is 0 Å². The fraction of sp³-hybridized carbons (Fsp3) is 0.941. The van der Waals surface area contributed by atoms with E-state index < -0.39 is 0 Å². The highest BCUT2D eigenvalue weighted by Gasteiger charge is 2.59. The number of carbonyl (C=O) groups is 1. The Morgan fingerprint density at radius 2 is 1.61 bits per heavy atom. The average molecular weight is 246 g/mol. The van der Waals surface area contributed by atoms with E-state index in [-0.39, 0.29) is 5.41 Å². The first-order chi connectivity index (χ1) is 8.59. The Morgan fingerprint density at radius 1 is 1.00 bits per heavy atom. The molecule has 0 aromatic heterocycles. The fourth-order valence-corrected chi connectivity index (χ4v) is 6.63. The summed E-state index contributed by atoms with van der Waals surface area (Å²) in [5, 5.41) is 0. The number of Topliss-reactive ketones (excluding diaryl/α,β-unsaturated/α-hetero) is 1. The molecule has 4 bridgehead atoms.